The molecule has 0 radical (unpaired) electrons. The fourth-order valence-electron chi connectivity index (χ4n) is 4.74. The molecule has 0 amide bonds. The van der Waals surface area contributed by atoms with Crippen LogP contribution in [0.1, 0.15) is 84.6 Å². The lowest BCUT2D eigenvalue weighted by atomic mass is 9.83. The first kappa shape index (κ1) is 23.6. The van der Waals surface area contributed by atoms with Crippen LogP contribution in [0.5, 0.6) is 0 Å². The van der Waals surface area contributed by atoms with E-state index in [1.165, 1.54) is 50.1 Å². The summed E-state index contributed by atoms with van der Waals surface area (Å²) >= 11 is 0. The average molecular weight is 437 g/mol. The summed E-state index contributed by atoms with van der Waals surface area (Å²) in [5, 5.41) is 0. The molecule has 0 nitrogen and oxygen atoms in total. The molecular formula is C33H40. The van der Waals surface area contributed by atoms with Crippen LogP contribution in [-0.2, 0) is 17.3 Å². The number of benzene rings is 3. The number of hydrogen-bond acceptors (Lipinski definition) is 0. The van der Waals surface area contributed by atoms with Gasteiger partial charge in [0.25, 0.3) is 0 Å². The van der Waals surface area contributed by atoms with Gasteiger partial charge in [0.1, 0.15) is 0 Å². The van der Waals surface area contributed by atoms with Crippen molar-refractivity contribution in [2.24, 2.45) is 5.41 Å². The molecule has 1 aliphatic carbocycles. The summed E-state index contributed by atoms with van der Waals surface area (Å²) in [5.41, 5.74) is 13.0. The van der Waals surface area contributed by atoms with Gasteiger partial charge in [0, 0.05) is 0 Å². The highest BCUT2D eigenvalue weighted by Gasteiger charge is 2.27. The summed E-state index contributed by atoms with van der Waals surface area (Å²) in [6.07, 6.45) is 3.50. The Balaban J connectivity index is 1.83. The summed E-state index contributed by atoms with van der Waals surface area (Å²) in [7, 11) is 0. The van der Waals surface area contributed by atoms with Crippen LogP contribution in [0.15, 0.2) is 66.2 Å². The highest BCUT2D eigenvalue weighted by molar-refractivity contribution is 5.87. The molecule has 0 heterocycles. The van der Waals surface area contributed by atoms with E-state index in [0.29, 0.717) is 0 Å². The topological polar surface area (TPSA) is 0 Å². The Morgan fingerprint density at radius 1 is 0.485 bits per heavy atom. The summed E-state index contributed by atoms with van der Waals surface area (Å²) < 4.78 is 0. The van der Waals surface area contributed by atoms with E-state index < -0.39 is 0 Å². The van der Waals surface area contributed by atoms with Crippen molar-refractivity contribution in [3.05, 3.63) is 88.5 Å². The fraction of sp³-hybridized carbons (Fsp3) is 0.394. The lowest BCUT2D eigenvalue weighted by molar-refractivity contribution is 0.498. The minimum atomic E-state index is 0.166. The molecule has 0 spiro atoms. The van der Waals surface area contributed by atoms with Crippen molar-refractivity contribution in [3.63, 3.8) is 0 Å². The lowest BCUT2D eigenvalue weighted by Gasteiger charge is -2.21. The maximum atomic E-state index is 2.47. The first-order valence-corrected chi connectivity index (χ1v) is 12.3. The molecule has 0 aliphatic heterocycles. The predicted octanol–water partition coefficient (Wildman–Crippen LogP) is 9.60. The molecule has 0 N–H and O–H groups in total. The van der Waals surface area contributed by atoms with E-state index in [9.17, 15) is 0 Å². The Morgan fingerprint density at radius 3 is 1.33 bits per heavy atom. The van der Waals surface area contributed by atoms with Crippen molar-refractivity contribution in [3.8, 4) is 22.3 Å². The highest BCUT2D eigenvalue weighted by Crippen LogP contribution is 2.44. The van der Waals surface area contributed by atoms with E-state index in [1.807, 2.05) is 0 Å². The van der Waals surface area contributed by atoms with Gasteiger partial charge in [-0.25, -0.2) is 0 Å². The molecule has 0 heteroatoms. The minimum absolute atomic E-state index is 0.166. The molecule has 172 valence electrons. The van der Waals surface area contributed by atoms with Gasteiger partial charge in [-0.3, -0.25) is 0 Å². The fourth-order valence-corrected chi connectivity index (χ4v) is 4.74. The highest BCUT2D eigenvalue weighted by atomic mass is 14.3. The zero-order chi connectivity index (χ0) is 24.2. The van der Waals surface area contributed by atoms with Gasteiger partial charge >= 0.3 is 0 Å². The quantitative estimate of drug-likeness (QED) is 0.375. The van der Waals surface area contributed by atoms with Gasteiger partial charge in [-0.15, -0.1) is 0 Å². The largest absolute Gasteiger partial charge is 0.0598 e. The van der Waals surface area contributed by atoms with Crippen LogP contribution < -0.4 is 0 Å². The van der Waals surface area contributed by atoms with Crippen LogP contribution in [0.3, 0.4) is 0 Å². The molecule has 0 saturated carbocycles. The van der Waals surface area contributed by atoms with Gasteiger partial charge in [0.15, 0.2) is 0 Å². The third kappa shape index (κ3) is 4.72. The van der Waals surface area contributed by atoms with Crippen LogP contribution in [0, 0.1) is 5.41 Å². The summed E-state index contributed by atoms with van der Waals surface area (Å²) in [6.45, 7) is 20.7. The standard InChI is InChI=1S/C33H40/c1-31(2,3)24-14-10-22(11-15-24)27-18-19-28(23-12-16-25(17-13-23)32(4,5)6)30-21-26(20-29(27)30)33(7,8)9/h10-20H,21H2,1-9H3. The van der Waals surface area contributed by atoms with E-state index >= 15 is 0 Å². The molecule has 0 aromatic heterocycles. The van der Waals surface area contributed by atoms with E-state index in [-0.39, 0.29) is 16.2 Å². The summed E-state index contributed by atoms with van der Waals surface area (Å²) in [5.74, 6) is 0. The van der Waals surface area contributed by atoms with Gasteiger partial charge in [0.2, 0.25) is 0 Å². The third-order valence-electron chi connectivity index (χ3n) is 7.13. The Bertz CT molecular complexity index is 1180. The summed E-state index contributed by atoms with van der Waals surface area (Å²) in [6, 6.07) is 23.1. The first-order chi connectivity index (χ1) is 15.2. The predicted molar refractivity (Wildman–Crippen MR) is 146 cm³/mol. The Labute approximate surface area is 201 Å². The van der Waals surface area contributed by atoms with E-state index in [2.05, 4.69) is 129 Å². The van der Waals surface area contributed by atoms with Gasteiger partial charge < -0.3 is 0 Å². The van der Waals surface area contributed by atoms with E-state index in [4.69, 9.17) is 0 Å². The van der Waals surface area contributed by atoms with Gasteiger partial charge in [-0.05, 0) is 67.2 Å². The van der Waals surface area contributed by atoms with Crippen LogP contribution in [-0.4, -0.2) is 0 Å². The molecule has 0 atom stereocenters. The lowest BCUT2D eigenvalue weighted by Crippen LogP contribution is -2.10. The van der Waals surface area contributed by atoms with Crippen molar-refractivity contribution in [1.82, 2.24) is 0 Å². The Hall–Kier alpha value is -2.60. The molecule has 0 bridgehead atoms. The van der Waals surface area contributed by atoms with Crippen LogP contribution in [0.4, 0.5) is 0 Å². The minimum Gasteiger partial charge on any atom is -0.0598 e. The normalized spacial score (nSPS) is 14.3. The number of allylic oxidation sites excluding steroid dienone is 1. The molecule has 0 fully saturated rings. The monoisotopic (exact) mass is 436 g/mol. The maximum absolute atomic E-state index is 2.47. The van der Waals surface area contributed by atoms with Crippen LogP contribution in [0.2, 0.25) is 0 Å². The molecule has 3 aromatic carbocycles. The molecule has 0 saturated heterocycles. The van der Waals surface area contributed by atoms with Crippen molar-refractivity contribution in [2.75, 3.05) is 0 Å². The Kier molecular flexibility index (Phi) is 5.72. The molecule has 0 unspecified atom stereocenters. The van der Waals surface area contributed by atoms with Gasteiger partial charge in [0.05, 0.1) is 0 Å². The molecule has 33 heavy (non-hydrogen) atoms. The zero-order valence-corrected chi connectivity index (χ0v) is 22.1. The first-order valence-electron chi connectivity index (χ1n) is 12.3. The Morgan fingerprint density at radius 2 is 0.909 bits per heavy atom. The van der Waals surface area contributed by atoms with Crippen molar-refractivity contribution >= 4 is 6.08 Å². The van der Waals surface area contributed by atoms with E-state index in [1.54, 1.807) is 0 Å². The van der Waals surface area contributed by atoms with Crippen molar-refractivity contribution < 1.29 is 0 Å². The number of hydrogen-bond donors (Lipinski definition) is 0. The van der Waals surface area contributed by atoms with Crippen LogP contribution >= 0.6 is 0 Å². The van der Waals surface area contributed by atoms with Crippen molar-refractivity contribution in [2.45, 2.75) is 79.6 Å². The smallest absolute Gasteiger partial charge is 0.00462 e. The van der Waals surface area contributed by atoms with E-state index in [0.717, 1.165) is 6.42 Å². The third-order valence-corrected chi connectivity index (χ3v) is 7.13. The van der Waals surface area contributed by atoms with Gasteiger partial charge in [-0.1, -0.05) is 135 Å². The number of rotatable bonds is 2. The SMILES string of the molecule is CC(C)(C)C1=Cc2c(-c3ccc(C(C)(C)C)cc3)ccc(-c3ccc(C(C)(C)C)cc3)c2C1. The van der Waals surface area contributed by atoms with Gasteiger partial charge in [-0.2, -0.15) is 0 Å². The number of fused-ring (bicyclic) bond motifs is 1. The molecule has 1 aliphatic rings. The molecule has 4 rings (SSSR count). The second-order valence-electron chi connectivity index (χ2n) is 12.8. The van der Waals surface area contributed by atoms with Crippen LogP contribution in [0.25, 0.3) is 28.3 Å². The average Bonchev–Trinajstić information content (AvgIpc) is 3.18. The zero-order valence-electron chi connectivity index (χ0n) is 22.1. The summed E-state index contributed by atoms with van der Waals surface area (Å²) in [4.78, 5) is 0. The maximum Gasteiger partial charge on any atom is -0.00462 e. The molecule has 3 aromatic rings. The molecular weight excluding hydrogens is 396 g/mol. The second kappa shape index (κ2) is 8.01. The van der Waals surface area contributed by atoms with Crippen molar-refractivity contribution in [1.29, 1.82) is 0 Å². The second-order valence-corrected chi connectivity index (χ2v) is 12.8.